The van der Waals surface area contributed by atoms with Gasteiger partial charge in [-0.15, -0.1) is 13.2 Å². The van der Waals surface area contributed by atoms with Crippen LogP contribution in [0.4, 0.5) is 0 Å². The molecule has 0 rings (SSSR count). The molecule has 0 unspecified atom stereocenters. The average molecular weight is 240 g/mol. The van der Waals surface area contributed by atoms with Crippen LogP contribution in [0.3, 0.4) is 0 Å². The Balaban J connectivity index is 0. The minimum atomic E-state index is -0.840. The first-order valence-electron chi connectivity index (χ1n) is 5.59. The second-order valence-electron chi connectivity index (χ2n) is 4.93. The molecule has 0 radical (unpaired) electrons. The van der Waals surface area contributed by atoms with E-state index in [1.807, 2.05) is 20.8 Å². The summed E-state index contributed by atoms with van der Waals surface area (Å²) in [6, 6.07) is 0. The Morgan fingerprint density at radius 1 is 1.06 bits per heavy atom. The van der Waals surface area contributed by atoms with Crippen LogP contribution < -0.4 is 0 Å². The highest BCUT2D eigenvalue weighted by Gasteiger charge is 2.21. The van der Waals surface area contributed by atoms with E-state index in [9.17, 15) is 9.59 Å². The molecule has 0 aliphatic carbocycles. The van der Waals surface area contributed by atoms with Crippen LogP contribution in [0.2, 0.25) is 0 Å². The number of allylic oxidation sites excluding steroid dienone is 1. The summed E-state index contributed by atoms with van der Waals surface area (Å²) in [5.41, 5.74) is -1.10. The quantitative estimate of drug-likeness (QED) is 0.749. The van der Waals surface area contributed by atoms with E-state index in [1.165, 1.54) is 6.08 Å². The summed E-state index contributed by atoms with van der Waals surface area (Å²) in [6.07, 6.45) is 3.70. The summed E-state index contributed by atoms with van der Waals surface area (Å²) < 4.78 is 0. The first-order valence-corrected chi connectivity index (χ1v) is 5.59. The lowest BCUT2D eigenvalue weighted by molar-refractivity contribution is -0.144. The van der Waals surface area contributed by atoms with E-state index >= 15 is 0 Å². The first kappa shape index (κ1) is 18.0. The Hall–Kier alpha value is -1.38. The normalized spacial score (nSPS) is 10.9. The van der Waals surface area contributed by atoms with E-state index in [0.29, 0.717) is 6.42 Å². The van der Waals surface area contributed by atoms with Gasteiger partial charge in [-0.05, 0) is 27.7 Å². The maximum Gasteiger partial charge on any atom is 0.312 e. The fraction of sp³-hybridized carbons (Fsp3) is 0.571. The number of aliphatic carboxylic acids is 1. The number of rotatable bonds is 5. The van der Waals surface area contributed by atoms with Crippen LogP contribution in [-0.2, 0) is 9.59 Å². The third-order valence-electron chi connectivity index (χ3n) is 2.61. The molecule has 0 heterocycles. The Bertz CT molecular complexity index is 299. The number of ketones is 1. The van der Waals surface area contributed by atoms with E-state index in [-0.39, 0.29) is 11.2 Å². The Morgan fingerprint density at radius 3 is 1.47 bits per heavy atom. The molecule has 0 saturated carbocycles. The van der Waals surface area contributed by atoms with Crippen LogP contribution in [0, 0.1) is 10.8 Å². The maximum absolute atomic E-state index is 11.0. The zero-order chi connectivity index (χ0) is 14.3. The lowest BCUT2D eigenvalue weighted by Crippen LogP contribution is -2.19. The van der Waals surface area contributed by atoms with Crippen LogP contribution in [0.25, 0.3) is 0 Å². The van der Waals surface area contributed by atoms with Crippen molar-refractivity contribution < 1.29 is 14.7 Å². The number of carboxylic acid groups (broad SMARTS) is 1. The van der Waals surface area contributed by atoms with Crippen LogP contribution in [0.15, 0.2) is 25.3 Å². The first-order chi connectivity index (χ1) is 7.55. The fourth-order valence-corrected chi connectivity index (χ4v) is 0.657. The molecule has 0 aromatic rings. The van der Waals surface area contributed by atoms with Crippen LogP contribution >= 0.6 is 0 Å². The van der Waals surface area contributed by atoms with Gasteiger partial charge in [0.05, 0.1) is 5.41 Å². The third-order valence-corrected chi connectivity index (χ3v) is 2.61. The number of carbonyl (C=O) groups excluding carboxylic acids is 1. The predicted molar refractivity (Wildman–Crippen MR) is 70.9 cm³/mol. The molecule has 3 heteroatoms. The van der Waals surface area contributed by atoms with Crippen molar-refractivity contribution in [2.24, 2.45) is 10.8 Å². The zero-order valence-corrected chi connectivity index (χ0v) is 11.5. The molecule has 0 fully saturated rings. The molecule has 0 amide bonds. The lowest BCUT2D eigenvalue weighted by Gasteiger charge is -2.15. The van der Waals surface area contributed by atoms with E-state index in [2.05, 4.69) is 13.2 Å². The highest BCUT2D eigenvalue weighted by molar-refractivity contribution is 5.85. The van der Waals surface area contributed by atoms with Crippen molar-refractivity contribution >= 4 is 11.8 Å². The summed E-state index contributed by atoms with van der Waals surface area (Å²) in [7, 11) is 0. The monoisotopic (exact) mass is 240 g/mol. The second kappa shape index (κ2) is 7.05. The number of hydrogen-bond donors (Lipinski definition) is 1. The molecule has 17 heavy (non-hydrogen) atoms. The molecule has 0 bridgehead atoms. The fourth-order valence-electron chi connectivity index (χ4n) is 0.657. The third kappa shape index (κ3) is 6.72. The van der Waals surface area contributed by atoms with Crippen LogP contribution in [0.5, 0.6) is 0 Å². The minimum Gasteiger partial charge on any atom is -0.481 e. The van der Waals surface area contributed by atoms with Crippen molar-refractivity contribution in [2.45, 2.75) is 41.0 Å². The number of carboxylic acids is 1. The molecular formula is C14H24O3. The van der Waals surface area contributed by atoms with Crippen molar-refractivity contribution in [1.29, 1.82) is 0 Å². The summed E-state index contributed by atoms with van der Waals surface area (Å²) >= 11 is 0. The Morgan fingerprint density at radius 2 is 1.41 bits per heavy atom. The van der Waals surface area contributed by atoms with Gasteiger partial charge in [0.2, 0.25) is 0 Å². The SMILES string of the molecule is C=CC(C)(C)C(=O)CC.C=CC(C)(C)C(=O)O. The van der Waals surface area contributed by atoms with Crippen molar-refractivity contribution in [1.82, 2.24) is 0 Å². The molecule has 0 aliphatic rings. The lowest BCUT2D eigenvalue weighted by atomic mass is 9.87. The van der Waals surface area contributed by atoms with Crippen molar-refractivity contribution in [3.05, 3.63) is 25.3 Å². The van der Waals surface area contributed by atoms with E-state index < -0.39 is 11.4 Å². The number of Topliss-reactive ketones (excluding diaryl/α,β-unsaturated/α-hetero) is 1. The summed E-state index contributed by atoms with van der Waals surface area (Å²) in [4.78, 5) is 21.2. The van der Waals surface area contributed by atoms with Crippen molar-refractivity contribution in [3.8, 4) is 0 Å². The topological polar surface area (TPSA) is 54.4 Å². The van der Waals surface area contributed by atoms with Crippen molar-refractivity contribution in [2.75, 3.05) is 0 Å². The van der Waals surface area contributed by atoms with Gasteiger partial charge in [-0.3, -0.25) is 9.59 Å². The second-order valence-corrected chi connectivity index (χ2v) is 4.93. The standard InChI is InChI=1S/C8H14O.C6H10O2/c1-5-7(9)8(3,4)6-2;1-4-6(2,3)5(7)8/h6H,2,5H2,1,3-4H3;4H,1H2,2-3H3,(H,7,8). The smallest absolute Gasteiger partial charge is 0.312 e. The molecule has 3 nitrogen and oxygen atoms in total. The van der Waals surface area contributed by atoms with Gasteiger partial charge in [0.15, 0.2) is 0 Å². The van der Waals surface area contributed by atoms with Crippen LogP contribution in [0.1, 0.15) is 41.0 Å². The van der Waals surface area contributed by atoms with Gasteiger partial charge in [0.25, 0.3) is 0 Å². The Kier molecular flexibility index (Phi) is 7.46. The summed E-state index contributed by atoms with van der Waals surface area (Å²) in [5.74, 6) is -0.593. The predicted octanol–water partition coefficient (Wildman–Crippen LogP) is 3.46. The van der Waals surface area contributed by atoms with Gasteiger partial charge in [-0.25, -0.2) is 0 Å². The molecule has 98 valence electrons. The molecule has 0 aromatic carbocycles. The molecule has 1 N–H and O–H groups in total. The molecule has 0 aromatic heterocycles. The average Bonchev–Trinajstić information content (AvgIpc) is 2.28. The zero-order valence-electron chi connectivity index (χ0n) is 11.5. The van der Waals surface area contributed by atoms with Gasteiger partial charge < -0.3 is 5.11 Å². The highest BCUT2D eigenvalue weighted by Crippen LogP contribution is 2.18. The van der Waals surface area contributed by atoms with Gasteiger partial charge in [0, 0.05) is 11.8 Å². The van der Waals surface area contributed by atoms with Gasteiger partial charge >= 0.3 is 5.97 Å². The maximum atomic E-state index is 11.0. The molecule has 0 atom stereocenters. The summed E-state index contributed by atoms with van der Waals surface area (Å²) in [5, 5.41) is 8.37. The van der Waals surface area contributed by atoms with Gasteiger partial charge in [-0.2, -0.15) is 0 Å². The molecular weight excluding hydrogens is 216 g/mol. The summed E-state index contributed by atoms with van der Waals surface area (Å²) in [6.45, 7) is 15.8. The van der Waals surface area contributed by atoms with Gasteiger partial charge in [0.1, 0.15) is 5.78 Å². The minimum absolute atomic E-state index is 0.248. The van der Waals surface area contributed by atoms with E-state index in [4.69, 9.17) is 5.11 Å². The number of carbonyl (C=O) groups is 2. The molecule has 0 aliphatic heterocycles. The van der Waals surface area contributed by atoms with Gasteiger partial charge in [-0.1, -0.05) is 19.1 Å². The highest BCUT2D eigenvalue weighted by atomic mass is 16.4. The molecule has 0 saturated heterocycles. The van der Waals surface area contributed by atoms with Crippen LogP contribution in [-0.4, -0.2) is 16.9 Å². The molecule has 0 spiro atoms. The van der Waals surface area contributed by atoms with E-state index in [1.54, 1.807) is 19.9 Å². The Labute approximate surface area is 104 Å². The van der Waals surface area contributed by atoms with E-state index in [0.717, 1.165) is 0 Å². The number of hydrogen-bond acceptors (Lipinski definition) is 2. The largest absolute Gasteiger partial charge is 0.481 e. The van der Waals surface area contributed by atoms with Crippen molar-refractivity contribution in [3.63, 3.8) is 0 Å².